The van der Waals surface area contributed by atoms with Gasteiger partial charge in [0.25, 0.3) is 0 Å². The average Bonchev–Trinajstić information content (AvgIpc) is 2.43. The standard InChI is InChI=1S/C20H30N2O/c1-13(2)10-22(11-14(3)4)12-18-16(6)21-19-8-7-15(5)9-17(19)20(18)23/h7-9,13-14H,10-12H2,1-6H3,(H,21,23)/p+1. The molecule has 0 unspecified atom stereocenters. The van der Waals surface area contributed by atoms with E-state index >= 15 is 0 Å². The Bertz CT molecular complexity index is 718. The third kappa shape index (κ3) is 4.44. The molecule has 0 amide bonds. The first-order chi connectivity index (χ1) is 10.8. The lowest BCUT2D eigenvalue weighted by molar-refractivity contribution is -0.919. The number of nitrogens with one attached hydrogen (secondary N) is 2. The van der Waals surface area contributed by atoms with Crippen molar-refractivity contribution in [1.82, 2.24) is 4.98 Å². The van der Waals surface area contributed by atoms with Gasteiger partial charge in [-0.1, -0.05) is 39.3 Å². The van der Waals surface area contributed by atoms with E-state index in [-0.39, 0.29) is 5.43 Å². The number of aromatic nitrogens is 1. The zero-order valence-corrected chi connectivity index (χ0v) is 15.4. The zero-order valence-electron chi connectivity index (χ0n) is 15.4. The molecule has 126 valence electrons. The van der Waals surface area contributed by atoms with Crippen molar-refractivity contribution in [3.8, 4) is 0 Å². The number of aryl methyl sites for hydroxylation is 2. The van der Waals surface area contributed by atoms with E-state index in [0.29, 0.717) is 11.8 Å². The molecule has 1 aromatic heterocycles. The summed E-state index contributed by atoms with van der Waals surface area (Å²) in [5.41, 5.74) is 4.23. The molecule has 0 atom stereocenters. The molecule has 3 heteroatoms. The largest absolute Gasteiger partial charge is 0.358 e. The summed E-state index contributed by atoms with van der Waals surface area (Å²) in [7, 11) is 0. The Balaban J connectivity index is 2.42. The van der Waals surface area contributed by atoms with Crippen LogP contribution in [0.3, 0.4) is 0 Å². The summed E-state index contributed by atoms with van der Waals surface area (Å²) in [5.74, 6) is 1.26. The van der Waals surface area contributed by atoms with E-state index in [9.17, 15) is 4.79 Å². The van der Waals surface area contributed by atoms with Crippen LogP contribution in [0, 0.1) is 25.7 Å². The predicted octanol–water partition coefficient (Wildman–Crippen LogP) is 2.84. The maximum atomic E-state index is 13.0. The molecule has 2 N–H and O–H groups in total. The van der Waals surface area contributed by atoms with Crippen LogP contribution in [0.1, 0.15) is 44.5 Å². The van der Waals surface area contributed by atoms with E-state index in [1.165, 1.54) is 4.90 Å². The van der Waals surface area contributed by atoms with Crippen molar-refractivity contribution in [1.29, 1.82) is 0 Å². The van der Waals surface area contributed by atoms with Crippen molar-refractivity contribution < 1.29 is 4.90 Å². The van der Waals surface area contributed by atoms with Gasteiger partial charge < -0.3 is 9.88 Å². The Hall–Kier alpha value is -1.61. The zero-order chi connectivity index (χ0) is 17.1. The Morgan fingerprint density at radius 1 is 1.04 bits per heavy atom. The molecule has 0 saturated heterocycles. The summed E-state index contributed by atoms with van der Waals surface area (Å²) in [6.45, 7) is 16.1. The monoisotopic (exact) mass is 315 g/mol. The second-order valence-electron chi connectivity index (χ2n) is 7.73. The van der Waals surface area contributed by atoms with Crippen molar-refractivity contribution in [3.05, 3.63) is 45.2 Å². The van der Waals surface area contributed by atoms with Gasteiger partial charge in [0.2, 0.25) is 0 Å². The Labute approximate surface area is 139 Å². The molecule has 0 radical (unpaired) electrons. The molecule has 0 fully saturated rings. The van der Waals surface area contributed by atoms with Gasteiger partial charge in [-0.2, -0.15) is 0 Å². The van der Waals surface area contributed by atoms with Gasteiger partial charge in [0.1, 0.15) is 6.54 Å². The molecule has 23 heavy (non-hydrogen) atoms. The molecular formula is C20H31N2O+. The van der Waals surface area contributed by atoms with Crippen molar-refractivity contribution >= 4 is 10.9 Å². The molecule has 0 aliphatic rings. The van der Waals surface area contributed by atoms with Crippen LogP contribution in [0.2, 0.25) is 0 Å². The third-order valence-corrected chi connectivity index (χ3v) is 4.29. The van der Waals surface area contributed by atoms with Gasteiger partial charge in [0.15, 0.2) is 5.43 Å². The molecule has 0 aliphatic heterocycles. The summed E-state index contributed by atoms with van der Waals surface area (Å²) >= 11 is 0. The van der Waals surface area contributed by atoms with Crippen molar-refractivity contribution in [2.45, 2.75) is 48.1 Å². The molecule has 2 aromatic rings. The maximum absolute atomic E-state index is 13.0. The number of quaternary nitrogens is 1. The van der Waals surface area contributed by atoms with Crippen LogP contribution in [0.25, 0.3) is 10.9 Å². The lowest BCUT2D eigenvalue weighted by Crippen LogP contribution is -3.12. The number of hydrogen-bond donors (Lipinski definition) is 2. The van der Waals surface area contributed by atoms with Crippen molar-refractivity contribution in [2.24, 2.45) is 11.8 Å². The number of aromatic amines is 1. The molecule has 1 aromatic carbocycles. The molecule has 1 heterocycles. The maximum Gasteiger partial charge on any atom is 0.198 e. The lowest BCUT2D eigenvalue weighted by Gasteiger charge is -2.23. The van der Waals surface area contributed by atoms with Gasteiger partial charge in [0, 0.05) is 28.4 Å². The van der Waals surface area contributed by atoms with Crippen LogP contribution in [0.4, 0.5) is 0 Å². The van der Waals surface area contributed by atoms with Gasteiger partial charge in [0.05, 0.1) is 18.7 Å². The molecular weight excluding hydrogens is 284 g/mol. The van der Waals surface area contributed by atoms with E-state index in [0.717, 1.165) is 47.4 Å². The van der Waals surface area contributed by atoms with Gasteiger partial charge >= 0.3 is 0 Å². The Kier molecular flexibility index (Phi) is 5.64. The predicted molar refractivity (Wildman–Crippen MR) is 98.1 cm³/mol. The highest BCUT2D eigenvalue weighted by Crippen LogP contribution is 2.12. The van der Waals surface area contributed by atoms with Crippen LogP contribution >= 0.6 is 0 Å². The summed E-state index contributed by atoms with van der Waals surface area (Å²) in [4.78, 5) is 17.9. The molecule has 0 saturated carbocycles. The van der Waals surface area contributed by atoms with E-state index < -0.39 is 0 Å². The molecule has 2 rings (SSSR count). The first-order valence-electron chi connectivity index (χ1n) is 8.73. The molecule has 0 bridgehead atoms. The van der Waals surface area contributed by atoms with Gasteiger partial charge in [-0.25, -0.2) is 0 Å². The van der Waals surface area contributed by atoms with Crippen molar-refractivity contribution in [3.63, 3.8) is 0 Å². The van der Waals surface area contributed by atoms with Gasteiger partial charge in [-0.15, -0.1) is 0 Å². The van der Waals surface area contributed by atoms with E-state index in [2.05, 4.69) is 32.7 Å². The summed E-state index contributed by atoms with van der Waals surface area (Å²) < 4.78 is 0. The van der Waals surface area contributed by atoms with Crippen LogP contribution in [0.15, 0.2) is 23.0 Å². The molecule has 0 spiro atoms. The van der Waals surface area contributed by atoms with Gasteiger partial charge in [-0.05, 0) is 26.0 Å². The minimum atomic E-state index is 0.199. The van der Waals surface area contributed by atoms with E-state index in [4.69, 9.17) is 0 Å². The first-order valence-corrected chi connectivity index (χ1v) is 8.73. The number of hydrogen-bond acceptors (Lipinski definition) is 1. The highest BCUT2D eigenvalue weighted by molar-refractivity contribution is 5.80. The van der Waals surface area contributed by atoms with Crippen LogP contribution in [-0.2, 0) is 6.54 Å². The third-order valence-electron chi connectivity index (χ3n) is 4.29. The summed E-state index contributed by atoms with van der Waals surface area (Å²) in [6.07, 6.45) is 0. The smallest absolute Gasteiger partial charge is 0.198 e. The lowest BCUT2D eigenvalue weighted by atomic mass is 10.0. The number of fused-ring (bicyclic) bond motifs is 1. The van der Waals surface area contributed by atoms with Crippen LogP contribution < -0.4 is 10.3 Å². The summed E-state index contributed by atoms with van der Waals surface area (Å²) in [6, 6.07) is 6.06. The Morgan fingerprint density at radius 3 is 2.22 bits per heavy atom. The fourth-order valence-corrected chi connectivity index (χ4v) is 3.41. The fourth-order valence-electron chi connectivity index (χ4n) is 3.41. The SMILES string of the molecule is Cc1ccc2[nH]c(C)c(C[NH+](CC(C)C)CC(C)C)c(=O)c2c1. The highest BCUT2D eigenvalue weighted by atomic mass is 16.1. The average molecular weight is 315 g/mol. The van der Waals surface area contributed by atoms with Crippen molar-refractivity contribution in [2.75, 3.05) is 13.1 Å². The van der Waals surface area contributed by atoms with Crippen LogP contribution in [0.5, 0.6) is 0 Å². The summed E-state index contributed by atoms with van der Waals surface area (Å²) in [5, 5.41) is 0.819. The number of benzene rings is 1. The van der Waals surface area contributed by atoms with Gasteiger partial charge in [-0.3, -0.25) is 4.79 Å². The Morgan fingerprint density at radius 2 is 1.65 bits per heavy atom. The molecule has 3 nitrogen and oxygen atoms in total. The molecule has 0 aliphatic carbocycles. The van der Waals surface area contributed by atoms with Crippen LogP contribution in [-0.4, -0.2) is 18.1 Å². The number of rotatable bonds is 6. The normalized spacial score (nSPS) is 12.0. The minimum Gasteiger partial charge on any atom is -0.358 e. The quantitative estimate of drug-likeness (QED) is 0.845. The minimum absolute atomic E-state index is 0.199. The fraction of sp³-hybridized carbons (Fsp3) is 0.550. The topological polar surface area (TPSA) is 37.3 Å². The number of H-pyrrole nitrogens is 1. The second kappa shape index (κ2) is 7.31. The first kappa shape index (κ1) is 17.7. The van der Waals surface area contributed by atoms with E-state index in [1.807, 2.05) is 32.0 Å². The highest BCUT2D eigenvalue weighted by Gasteiger charge is 2.18. The number of pyridine rings is 1. The van der Waals surface area contributed by atoms with E-state index in [1.54, 1.807) is 0 Å². The second-order valence-corrected chi connectivity index (χ2v) is 7.73.